The highest BCUT2D eigenvalue weighted by Crippen LogP contribution is 2.25. The second kappa shape index (κ2) is 7.47. The van der Waals surface area contributed by atoms with Crippen LogP contribution in [-0.2, 0) is 6.54 Å². The van der Waals surface area contributed by atoms with Crippen molar-refractivity contribution >= 4 is 0 Å². The standard InChI is InChI=1S/C19H21FN2O2/c1-22(2)17(19-8-5-11-23-19)13-21-12-14-9-10-18(24-14)15-6-3-4-7-16(15)20/h3-11,17,21H,12-13H2,1-2H3/t17-/m0/s1. The number of nitrogens with zero attached hydrogens (tertiary/aromatic N) is 1. The van der Waals surface area contributed by atoms with E-state index in [0.717, 1.165) is 18.1 Å². The van der Waals surface area contributed by atoms with Crippen LogP contribution in [0.25, 0.3) is 11.3 Å². The molecule has 0 aliphatic carbocycles. The molecule has 2 aromatic heterocycles. The van der Waals surface area contributed by atoms with Crippen LogP contribution in [0.4, 0.5) is 4.39 Å². The lowest BCUT2D eigenvalue weighted by molar-refractivity contribution is 0.248. The summed E-state index contributed by atoms with van der Waals surface area (Å²) >= 11 is 0. The molecule has 0 bridgehead atoms. The lowest BCUT2D eigenvalue weighted by Gasteiger charge is -2.22. The van der Waals surface area contributed by atoms with E-state index in [4.69, 9.17) is 8.83 Å². The zero-order valence-electron chi connectivity index (χ0n) is 13.8. The normalized spacial score (nSPS) is 12.7. The number of halogens is 1. The summed E-state index contributed by atoms with van der Waals surface area (Å²) in [5, 5.41) is 3.36. The number of hydrogen-bond acceptors (Lipinski definition) is 4. The van der Waals surface area contributed by atoms with E-state index in [-0.39, 0.29) is 11.9 Å². The molecule has 1 N–H and O–H groups in total. The second-order valence-electron chi connectivity index (χ2n) is 5.87. The third-order valence-corrected chi connectivity index (χ3v) is 3.93. The van der Waals surface area contributed by atoms with Crippen LogP contribution >= 0.6 is 0 Å². The first kappa shape index (κ1) is 16.5. The van der Waals surface area contributed by atoms with Crippen molar-refractivity contribution in [3.8, 4) is 11.3 Å². The molecule has 0 aliphatic rings. The summed E-state index contributed by atoms with van der Waals surface area (Å²) in [6.45, 7) is 1.29. The molecule has 0 fully saturated rings. The van der Waals surface area contributed by atoms with Crippen molar-refractivity contribution < 1.29 is 13.2 Å². The fourth-order valence-corrected chi connectivity index (χ4v) is 2.63. The molecule has 2 heterocycles. The maximum Gasteiger partial charge on any atom is 0.137 e. The molecule has 0 spiro atoms. The number of rotatable bonds is 7. The highest BCUT2D eigenvalue weighted by Gasteiger charge is 2.16. The minimum atomic E-state index is -0.281. The van der Waals surface area contributed by atoms with Crippen LogP contribution in [0.1, 0.15) is 17.6 Å². The molecule has 0 saturated heterocycles. The van der Waals surface area contributed by atoms with Crippen molar-refractivity contribution in [3.63, 3.8) is 0 Å². The molecule has 5 heteroatoms. The zero-order chi connectivity index (χ0) is 16.9. The van der Waals surface area contributed by atoms with Gasteiger partial charge in [-0.3, -0.25) is 4.90 Å². The van der Waals surface area contributed by atoms with Crippen LogP contribution in [0.5, 0.6) is 0 Å². The first-order valence-corrected chi connectivity index (χ1v) is 7.89. The highest BCUT2D eigenvalue weighted by molar-refractivity contribution is 5.58. The van der Waals surface area contributed by atoms with Crippen LogP contribution in [-0.4, -0.2) is 25.5 Å². The third kappa shape index (κ3) is 3.75. The van der Waals surface area contributed by atoms with Gasteiger partial charge in [-0.15, -0.1) is 0 Å². The fraction of sp³-hybridized carbons (Fsp3) is 0.263. The van der Waals surface area contributed by atoms with Crippen LogP contribution in [0.2, 0.25) is 0 Å². The Labute approximate surface area is 140 Å². The van der Waals surface area contributed by atoms with Crippen molar-refractivity contribution in [3.05, 3.63) is 72.1 Å². The van der Waals surface area contributed by atoms with Gasteiger partial charge in [0.15, 0.2) is 0 Å². The summed E-state index contributed by atoms with van der Waals surface area (Å²) in [7, 11) is 4.02. The lowest BCUT2D eigenvalue weighted by Crippen LogP contribution is -2.30. The Kier molecular flexibility index (Phi) is 5.13. The van der Waals surface area contributed by atoms with Gasteiger partial charge in [-0.1, -0.05) is 12.1 Å². The van der Waals surface area contributed by atoms with Gasteiger partial charge in [-0.2, -0.15) is 0 Å². The van der Waals surface area contributed by atoms with E-state index in [0.29, 0.717) is 17.9 Å². The van der Waals surface area contributed by atoms with Gasteiger partial charge in [0.1, 0.15) is 23.1 Å². The Hall–Kier alpha value is -2.37. The average Bonchev–Trinajstić information content (AvgIpc) is 3.23. The van der Waals surface area contributed by atoms with E-state index < -0.39 is 0 Å². The summed E-state index contributed by atoms with van der Waals surface area (Å²) in [6, 6.07) is 14.3. The highest BCUT2D eigenvalue weighted by atomic mass is 19.1. The molecular formula is C19H21FN2O2. The van der Waals surface area contributed by atoms with Gasteiger partial charge in [-0.25, -0.2) is 4.39 Å². The minimum absolute atomic E-state index is 0.140. The Morgan fingerprint density at radius 1 is 1.08 bits per heavy atom. The molecule has 0 radical (unpaired) electrons. The van der Waals surface area contributed by atoms with Crippen LogP contribution in [0, 0.1) is 5.82 Å². The van der Waals surface area contributed by atoms with E-state index in [1.54, 1.807) is 30.5 Å². The summed E-state index contributed by atoms with van der Waals surface area (Å²) in [5.74, 6) is 1.95. The number of nitrogens with one attached hydrogen (secondary N) is 1. The monoisotopic (exact) mass is 328 g/mol. The first-order chi connectivity index (χ1) is 11.6. The second-order valence-corrected chi connectivity index (χ2v) is 5.87. The molecule has 1 atom stereocenters. The van der Waals surface area contributed by atoms with E-state index in [1.807, 2.05) is 32.3 Å². The van der Waals surface area contributed by atoms with Crippen LogP contribution < -0.4 is 5.32 Å². The number of furan rings is 2. The van der Waals surface area contributed by atoms with E-state index in [9.17, 15) is 4.39 Å². The first-order valence-electron chi connectivity index (χ1n) is 7.89. The number of likely N-dealkylation sites (N-methyl/N-ethyl adjacent to an activating group) is 1. The van der Waals surface area contributed by atoms with Gasteiger partial charge in [0.05, 0.1) is 24.4 Å². The summed E-state index contributed by atoms with van der Waals surface area (Å²) < 4.78 is 25.0. The SMILES string of the molecule is CN(C)[C@@H](CNCc1ccc(-c2ccccc2F)o1)c1ccco1. The number of benzene rings is 1. The minimum Gasteiger partial charge on any atom is -0.468 e. The molecule has 0 aliphatic heterocycles. The van der Waals surface area contributed by atoms with Crippen molar-refractivity contribution in [2.45, 2.75) is 12.6 Å². The van der Waals surface area contributed by atoms with Gasteiger partial charge in [0, 0.05) is 6.54 Å². The number of hydrogen-bond donors (Lipinski definition) is 1. The quantitative estimate of drug-likeness (QED) is 0.710. The maximum atomic E-state index is 13.8. The van der Waals surface area contributed by atoms with Crippen LogP contribution in [0.15, 0.2) is 63.6 Å². The molecular weight excluding hydrogens is 307 g/mol. The molecule has 3 aromatic rings. The smallest absolute Gasteiger partial charge is 0.137 e. The molecule has 126 valence electrons. The fourth-order valence-electron chi connectivity index (χ4n) is 2.63. The summed E-state index contributed by atoms with van der Waals surface area (Å²) in [6.07, 6.45) is 1.68. The molecule has 3 rings (SSSR count). The Morgan fingerprint density at radius 3 is 2.62 bits per heavy atom. The Bertz CT molecular complexity index is 765. The topological polar surface area (TPSA) is 41.5 Å². The van der Waals surface area contributed by atoms with Crippen molar-refractivity contribution in [2.24, 2.45) is 0 Å². The van der Waals surface area contributed by atoms with Gasteiger partial charge >= 0.3 is 0 Å². The van der Waals surface area contributed by atoms with E-state index in [1.165, 1.54) is 6.07 Å². The maximum absolute atomic E-state index is 13.8. The largest absolute Gasteiger partial charge is 0.468 e. The predicted octanol–water partition coefficient (Wildman–Crippen LogP) is 4.07. The molecule has 0 saturated carbocycles. The van der Waals surface area contributed by atoms with Crippen molar-refractivity contribution in [2.75, 3.05) is 20.6 Å². The summed E-state index contributed by atoms with van der Waals surface area (Å²) in [5.41, 5.74) is 0.477. The van der Waals surface area contributed by atoms with Gasteiger partial charge in [0.2, 0.25) is 0 Å². The van der Waals surface area contributed by atoms with E-state index >= 15 is 0 Å². The van der Waals surface area contributed by atoms with E-state index in [2.05, 4.69) is 10.2 Å². The van der Waals surface area contributed by atoms with Gasteiger partial charge in [0.25, 0.3) is 0 Å². The average molecular weight is 328 g/mol. The zero-order valence-corrected chi connectivity index (χ0v) is 13.8. The third-order valence-electron chi connectivity index (χ3n) is 3.93. The molecule has 0 unspecified atom stereocenters. The van der Waals surface area contributed by atoms with Gasteiger partial charge in [-0.05, 0) is 50.5 Å². The molecule has 0 amide bonds. The Morgan fingerprint density at radius 2 is 1.92 bits per heavy atom. The lowest BCUT2D eigenvalue weighted by atomic mass is 10.1. The van der Waals surface area contributed by atoms with Crippen molar-refractivity contribution in [1.29, 1.82) is 0 Å². The summed E-state index contributed by atoms with van der Waals surface area (Å²) in [4.78, 5) is 2.10. The molecule has 24 heavy (non-hydrogen) atoms. The van der Waals surface area contributed by atoms with Crippen LogP contribution in [0.3, 0.4) is 0 Å². The van der Waals surface area contributed by atoms with Gasteiger partial charge < -0.3 is 14.2 Å². The molecule has 1 aromatic carbocycles. The van der Waals surface area contributed by atoms with Crippen molar-refractivity contribution in [1.82, 2.24) is 10.2 Å². The Balaban J connectivity index is 1.60. The molecule has 4 nitrogen and oxygen atoms in total. The predicted molar refractivity (Wildman–Crippen MR) is 90.9 cm³/mol.